The molecule has 0 aromatic rings. The van der Waals surface area contributed by atoms with E-state index in [9.17, 15) is 13.2 Å². The number of hydrogen-bond acceptors (Lipinski definition) is 5. The van der Waals surface area contributed by atoms with Gasteiger partial charge in [-0.3, -0.25) is 4.79 Å². The normalized spacial score (nSPS) is 15.9. The van der Waals surface area contributed by atoms with Crippen molar-refractivity contribution in [3.63, 3.8) is 0 Å². The molecule has 7 nitrogen and oxygen atoms in total. The van der Waals surface area contributed by atoms with E-state index >= 15 is 0 Å². The lowest BCUT2D eigenvalue weighted by atomic mass is 10.4. The molecule has 0 saturated heterocycles. The van der Waals surface area contributed by atoms with Crippen molar-refractivity contribution in [2.24, 2.45) is 0 Å². The molecule has 2 atom stereocenters. The van der Waals surface area contributed by atoms with Crippen LogP contribution in [0.5, 0.6) is 0 Å². The van der Waals surface area contributed by atoms with Gasteiger partial charge in [-0.05, 0) is 6.92 Å². The number of rotatable bonds is 7. The third-order valence-electron chi connectivity index (χ3n) is 1.73. The van der Waals surface area contributed by atoms with Gasteiger partial charge in [0.05, 0.1) is 19.3 Å². The highest BCUT2D eigenvalue weighted by atomic mass is 32.2. The summed E-state index contributed by atoms with van der Waals surface area (Å²) in [4.78, 5) is 10.5. The summed E-state index contributed by atoms with van der Waals surface area (Å²) in [7, 11) is -2.64. The Labute approximate surface area is 88.1 Å². The van der Waals surface area contributed by atoms with Crippen molar-refractivity contribution in [1.82, 2.24) is 4.72 Å². The van der Waals surface area contributed by atoms with Crippen molar-refractivity contribution in [3.05, 3.63) is 0 Å². The fourth-order valence-electron chi connectivity index (χ4n) is 0.792. The molecule has 0 saturated carbocycles. The second-order valence-electron chi connectivity index (χ2n) is 2.98. The van der Waals surface area contributed by atoms with E-state index in [0.29, 0.717) is 0 Å². The molecule has 0 rings (SSSR count). The molecule has 90 valence electrons. The number of aliphatic hydroxyl groups excluding tert-OH is 1. The molecule has 0 aromatic carbocycles. The number of methoxy groups -OCH3 is 1. The van der Waals surface area contributed by atoms with E-state index in [-0.39, 0.29) is 6.61 Å². The molecular weight excluding hydrogens is 226 g/mol. The van der Waals surface area contributed by atoms with Gasteiger partial charge >= 0.3 is 5.97 Å². The van der Waals surface area contributed by atoms with Gasteiger partial charge in [0, 0.05) is 7.11 Å². The van der Waals surface area contributed by atoms with E-state index in [0.717, 1.165) is 6.92 Å². The quantitative estimate of drug-likeness (QED) is 0.494. The summed E-state index contributed by atoms with van der Waals surface area (Å²) in [5.74, 6) is -1.45. The molecule has 0 fully saturated rings. The van der Waals surface area contributed by atoms with Crippen LogP contribution in [0.2, 0.25) is 0 Å². The number of ether oxygens (including phenoxy) is 1. The monoisotopic (exact) mass is 241 g/mol. The number of aliphatic carboxylic acids is 1. The number of carboxylic acid groups (broad SMARTS) is 1. The predicted octanol–water partition coefficient (Wildman–Crippen LogP) is -1.61. The highest BCUT2D eigenvalue weighted by Gasteiger charge is 2.29. The molecule has 8 heteroatoms. The Bertz CT molecular complexity index is 301. The minimum absolute atomic E-state index is 0.0257. The van der Waals surface area contributed by atoms with Gasteiger partial charge in [-0.1, -0.05) is 0 Å². The molecule has 0 aliphatic heterocycles. The van der Waals surface area contributed by atoms with E-state index < -0.39 is 33.9 Å². The first-order valence-corrected chi connectivity index (χ1v) is 5.73. The van der Waals surface area contributed by atoms with Gasteiger partial charge in [-0.25, -0.2) is 13.1 Å². The summed E-state index contributed by atoms with van der Waals surface area (Å²) < 4.78 is 29.4. The maximum absolute atomic E-state index is 11.4. The first-order valence-electron chi connectivity index (χ1n) is 4.19. The molecule has 15 heavy (non-hydrogen) atoms. The summed E-state index contributed by atoms with van der Waals surface area (Å²) in [6.07, 6.45) is 0. The maximum atomic E-state index is 11.4. The van der Waals surface area contributed by atoms with Gasteiger partial charge in [0.2, 0.25) is 10.0 Å². The molecule has 3 N–H and O–H groups in total. The SMILES string of the molecule is COCC(CO)NS(=O)(=O)C(C)C(=O)O. The Morgan fingerprint density at radius 2 is 2.07 bits per heavy atom. The van der Waals surface area contributed by atoms with E-state index in [1.165, 1.54) is 7.11 Å². The molecule has 0 radical (unpaired) electrons. The van der Waals surface area contributed by atoms with Crippen LogP contribution in [-0.2, 0) is 19.6 Å². The van der Waals surface area contributed by atoms with Crippen molar-refractivity contribution in [3.8, 4) is 0 Å². The summed E-state index contributed by atoms with van der Waals surface area (Å²) in [5.41, 5.74) is 0. The summed E-state index contributed by atoms with van der Waals surface area (Å²) in [5, 5.41) is 15.7. The molecular formula is C7H15NO6S. The van der Waals surface area contributed by atoms with Crippen LogP contribution < -0.4 is 4.72 Å². The second kappa shape index (κ2) is 6.01. The first-order chi connectivity index (χ1) is 6.85. The molecule has 0 aliphatic rings. The number of sulfonamides is 1. The van der Waals surface area contributed by atoms with Crippen molar-refractivity contribution in [2.75, 3.05) is 20.3 Å². The Balaban J connectivity index is 4.55. The zero-order chi connectivity index (χ0) is 12.1. The zero-order valence-electron chi connectivity index (χ0n) is 8.50. The molecule has 0 heterocycles. The van der Waals surface area contributed by atoms with Gasteiger partial charge in [0.15, 0.2) is 5.25 Å². The zero-order valence-corrected chi connectivity index (χ0v) is 9.32. The van der Waals surface area contributed by atoms with Crippen molar-refractivity contribution >= 4 is 16.0 Å². The van der Waals surface area contributed by atoms with Gasteiger partial charge in [-0.15, -0.1) is 0 Å². The van der Waals surface area contributed by atoms with Crippen molar-refractivity contribution < 1.29 is 28.2 Å². The highest BCUT2D eigenvalue weighted by molar-refractivity contribution is 7.90. The Hall–Kier alpha value is -0.700. The summed E-state index contributed by atoms with van der Waals surface area (Å²) in [6.45, 7) is 0.563. The number of carboxylic acids is 1. The van der Waals surface area contributed by atoms with Crippen LogP contribution in [0.1, 0.15) is 6.92 Å². The van der Waals surface area contributed by atoms with Gasteiger partial charge in [0.1, 0.15) is 0 Å². The molecule has 0 amide bonds. The largest absolute Gasteiger partial charge is 0.480 e. The number of hydrogen-bond donors (Lipinski definition) is 3. The third kappa shape index (κ3) is 4.56. The van der Waals surface area contributed by atoms with Crippen molar-refractivity contribution in [2.45, 2.75) is 18.2 Å². The number of nitrogens with one attached hydrogen (secondary N) is 1. The van der Waals surface area contributed by atoms with Crippen LogP contribution >= 0.6 is 0 Å². The fraction of sp³-hybridized carbons (Fsp3) is 0.857. The Morgan fingerprint density at radius 1 is 1.53 bits per heavy atom. The second-order valence-corrected chi connectivity index (χ2v) is 5.01. The van der Waals surface area contributed by atoms with E-state index in [1.807, 2.05) is 4.72 Å². The summed E-state index contributed by atoms with van der Waals surface area (Å²) in [6, 6.07) is -0.832. The van der Waals surface area contributed by atoms with E-state index in [1.54, 1.807) is 0 Å². The van der Waals surface area contributed by atoms with E-state index in [2.05, 4.69) is 4.74 Å². The lowest BCUT2D eigenvalue weighted by molar-refractivity contribution is -0.136. The fourth-order valence-corrected chi connectivity index (χ4v) is 1.87. The highest BCUT2D eigenvalue weighted by Crippen LogP contribution is 2.00. The Kier molecular flexibility index (Phi) is 5.73. The van der Waals surface area contributed by atoms with Gasteiger partial charge < -0.3 is 14.9 Å². The van der Waals surface area contributed by atoms with Crippen LogP contribution in [-0.4, -0.2) is 56.2 Å². The van der Waals surface area contributed by atoms with Gasteiger partial charge in [0.25, 0.3) is 0 Å². The van der Waals surface area contributed by atoms with Crippen LogP contribution in [0.4, 0.5) is 0 Å². The molecule has 0 bridgehead atoms. The number of aliphatic hydroxyl groups is 1. The predicted molar refractivity (Wildman–Crippen MR) is 51.9 cm³/mol. The lowest BCUT2D eigenvalue weighted by Gasteiger charge is -2.17. The smallest absolute Gasteiger partial charge is 0.323 e. The average molecular weight is 241 g/mol. The average Bonchev–Trinajstić information content (AvgIpc) is 2.15. The topological polar surface area (TPSA) is 113 Å². The Morgan fingerprint density at radius 3 is 2.40 bits per heavy atom. The standard InChI is InChI=1S/C7H15NO6S/c1-5(7(10)11)15(12,13)8-6(3-9)4-14-2/h5-6,8-9H,3-4H2,1-2H3,(H,10,11). The van der Waals surface area contributed by atoms with E-state index in [4.69, 9.17) is 10.2 Å². The van der Waals surface area contributed by atoms with Crippen LogP contribution in [0.3, 0.4) is 0 Å². The van der Waals surface area contributed by atoms with Crippen LogP contribution in [0.15, 0.2) is 0 Å². The van der Waals surface area contributed by atoms with Gasteiger partial charge in [-0.2, -0.15) is 0 Å². The van der Waals surface area contributed by atoms with Crippen LogP contribution in [0, 0.1) is 0 Å². The molecule has 0 spiro atoms. The molecule has 2 unspecified atom stereocenters. The van der Waals surface area contributed by atoms with Crippen molar-refractivity contribution in [1.29, 1.82) is 0 Å². The minimum Gasteiger partial charge on any atom is -0.480 e. The maximum Gasteiger partial charge on any atom is 0.323 e. The molecule has 0 aliphatic carbocycles. The van der Waals surface area contributed by atoms with Crippen LogP contribution in [0.25, 0.3) is 0 Å². The third-order valence-corrected chi connectivity index (χ3v) is 3.53. The molecule has 0 aromatic heterocycles. The first kappa shape index (κ1) is 14.3. The number of carbonyl (C=O) groups is 1. The summed E-state index contributed by atoms with van der Waals surface area (Å²) >= 11 is 0. The minimum atomic E-state index is -3.98. The lowest BCUT2D eigenvalue weighted by Crippen LogP contribution is -2.46.